The molecule has 2 rings (SSSR count). The molecule has 1 atom stereocenters. The number of hydrogen-bond donors (Lipinski definition) is 2. The predicted octanol–water partition coefficient (Wildman–Crippen LogP) is 1.85. The van der Waals surface area contributed by atoms with E-state index in [1.165, 1.54) is 6.07 Å². The summed E-state index contributed by atoms with van der Waals surface area (Å²) >= 11 is 0.990. The first-order valence-electron chi connectivity index (χ1n) is 5.90. The summed E-state index contributed by atoms with van der Waals surface area (Å²) in [6, 6.07) is 4.89. The highest BCUT2D eigenvalue weighted by Gasteiger charge is 2.21. The van der Waals surface area contributed by atoms with E-state index >= 15 is 0 Å². The molecule has 1 aromatic rings. The number of aliphatic hydroxyl groups excluding tert-OH is 1. The summed E-state index contributed by atoms with van der Waals surface area (Å²) in [6.07, 6.45) is 0.725. The van der Waals surface area contributed by atoms with Crippen LogP contribution in [0.3, 0.4) is 0 Å². The Morgan fingerprint density at radius 2 is 2.21 bits per heavy atom. The van der Waals surface area contributed by atoms with Gasteiger partial charge in [0, 0.05) is 6.54 Å². The highest BCUT2D eigenvalue weighted by Crippen LogP contribution is 2.37. The molecule has 0 radical (unpaired) electrons. The van der Waals surface area contributed by atoms with Crippen molar-refractivity contribution < 1.29 is 13.5 Å². The Morgan fingerprint density at radius 3 is 2.95 bits per heavy atom. The number of fused-ring (bicyclic) bond motifs is 1. The van der Waals surface area contributed by atoms with Crippen LogP contribution in [0, 0.1) is 0 Å². The van der Waals surface area contributed by atoms with Gasteiger partial charge in [-0.25, -0.2) is 13.1 Å². The molecule has 0 aromatic heterocycles. The van der Waals surface area contributed by atoms with Crippen LogP contribution in [-0.4, -0.2) is 26.2 Å². The lowest BCUT2D eigenvalue weighted by molar-refractivity contribution is 0.182. The third-order valence-corrected chi connectivity index (χ3v) is 4.66. The first kappa shape index (κ1) is 14.3. The number of nitrogens with zero attached hydrogens (tertiary/aromatic N) is 2. The van der Waals surface area contributed by atoms with Crippen LogP contribution in [0.4, 0.5) is 11.4 Å². The fourth-order valence-electron chi connectivity index (χ4n) is 1.68. The average molecular weight is 301 g/mol. The molecular formula is C11H15N3O3S2. The van der Waals surface area contributed by atoms with Crippen molar-refractivity contribution >= 4 is 32.8 Å². The van der Waals surface area contributed by atoms with Gasteiger partial charge in [-0.15, -0.1) is 0 Å². The van der Waals surface area contributed by atoms with Gasteiger partial charge in [0.25, 0.3) is 0 Å². The van der Waals surface area contributed by atoms with E-state index in [-0.39, 0.29) is 4.90 Å². The van der Waals surface area contributed by atoms with Gasteiger partial charge in [-0.05, 0) is 31.9 Å². The van der Waals surface area contributed by atoms with E-state index in [9.17, 15) is 8.42 Å². The molecule has 0 saturated heterocycles. The van der Waals surface area contributed by atoms with Crippen LogP contribution < -0.4 is 4.72 Å². The minimum absolute atomic E-state index is 0.149. The van der Waals surface area contributed by atoms with Crippen molar-refractivity contribution in [2.24, 2.45) is 8.73 Å². The Bertz CT molecular complexity index is 635. The summed E-state index contributed by atoms with van der Waals surface area (Å²) in [5, 5.41) is 9.12. The van der Waals surface area contributed by atoms with Crippen molar-refractivity contribution in [1.82, 2.24) is 4.72 Å². The van der Waals surface area contributed by atoms with Gasteiger partial charge in [0.05, 0.1) is 17.5 Å². The van der Waals surface area contributed by atoms with Gasteiger partial charge >= 0.3 is 0 Å². The second-order valence-electron chi connectivity index (χ2n) is 4.28. The maximum Gasteiger partial charge on any atom is 0.242 e. The van der Waals surface area contributed by atoms with E-state index in [0.29, 0.717) is 30.8 Å². The van der Waals surface area contributed by atoms with Gasteiger partial charge in [0.15, 0.2) is 0 Å². The number of nitrogens with one attached hydrogen (secondary N) is 1. The summed E-state index contributed by atoms with van der Waals surface area (Å²) in [5.74, 6) is 0. The third-order valence-electron chi connectivity index (χ3n) is 2.63. The summed E-state index contributed by atoms with van der Waals surface area (Å²) in [6.45, 7) is 1.97. The minimum Gasteiger partial charge on any atom is -0.393 e. The maximum absolute atomic E-state index is 12.2. The molecule has 2 N–H and O–H groups in total. The van der Waals surface area contributed by atoms with Crippen LogP contribution in [0.2, 0.25) is 0 Å². The van der Waals surface area contributed by atoms with E-state index in [2.05, 4.69) is 13.4 Å². The highest BCUT2D eigenvalue weighted by atomic mass is 32.2. The minimum atomic E-state index is -3.58. The topological polar surface area (TPSA) is 91.1 Å². The fraction of sp³-hybridized carbons (Fsp3) is 0.455. The Labute approximate surface area is 115 Å². The standard InChI is InChI=1S/C11H15N3O3S2/c1-8(15)4-3-7-12-19(16,17)10-6-2-5-9-11(10)14-18-13-9/h2,5-6,8,12,15H,3-4,7H2,1H3. The molecule has 0 aliphatic carbocycles. The van der Waals surface area contributed by atoms with Gasteiger partial charge in [-0.2, -0.15) is 8.73 Å². The van der Waals surface area contributed by atoms with E-state index < -0.39 is 16.1 Å². The molecule has 6 nitrogen and oxygen atoms in total. The molecule has 1 aromatic carbocycles. The Hall–Kier alpha value is -1.09. The Balaban J connectivity index is 2.09. The zero-order chi connectivity index (χ0) is 13.9. The van der Waals surface area contributed by atoms with Crippen LogP contribution in [-0.2, 0) is 21.4 Å². The van der Waals surface area contributed by atoms with E-state index in [1.807, 2.05) is 0 Å². The first-order chi connectivity index (χ1) is 9.00. The van der Waals surface area contributed by atoms with E-state index in [0.717, 1.165) is 11.4 Å². The Kier molecular flexibility index (Phi) is 4.46. The van der Waals surface area contributed by atoms with E-state index in [1.54, 1.807) is 19.1 Å². The summed E-state index contributed by atoms with van der Waals surface area (Å²) < 4.78 is 34.8. The number of rotatable bonds is 6. The molecule has 0 amide bonds. The average Bonchev–Trinajstić information content (AvgIpc) is 2.82. The number of benzene rings is 1. The van der Waals surface area contributed by atoms with E-state index in [4.69, 9.17) is 5.11 Å². The quantitative estimate of drug-likeness (QED) is 0.798. The lowest BCUT2D eigenvalue weighted by atomic mass is 10.2. The van der Waals surface area contributed by atoms with Gasteiger partial charge in [-0.1, -0.05) is 6.07 Å². The molecule has 1 aliphatic heterocycles. The Morgan fingerprint density at radius 1 is 1.42 bits per heavy atom. The van der Waals surface area contributed by atoms with Crippen molar-refractivity contribution in [3.8, 4) is 0 Å². The number of hydrogen-bond acceptors (Lipinski definition) is 5. The second kappa shape index (κ2) is 5.91. The van der Waals surface area contributed by atoms with Crippen molar-refractivity contribution in [2.75, 3.05) is 6.54 Å². The lowest BCUT2D eigenvalue weighted by Gasteiger charge is -2.09. The molecule has 0 spiro atoms. The zero-order valence-corrected chi connectivity index (χ0v) is 12.0. The molecule has 1 unspecified atom stereocenters. The number of sulfonamides is 1. The fourth-order valence-corrected chi connectivity index (χ4v) is 3.52. The van der Waals surface area contributed by atoms with Gasteiger partial charge in [0.2, 0.25) is 10.0 Å². The van der Waals surface area contributed by atoms with Crippen molar-refractivity contribution in [1.29, 1.82) is 0 Å². The van der Waals surface area contributed by atoms with Gasteiger partial charge in [0.1, 0.15) is 16.3 Å². The smallest absolute Gasteiger partial charge is 0.242 e. The summed E-state index contributed by atoms with van der Waals surface area (Å²) in [5.41, 5.74) is 0.979. The molecule has 0 saturated carbocycles. The van der Waals surface area contributed by atoms with Crippen LogP contribution in [0.1, 0.15) is 19.8 Å². The zero-order valence-electron chi connectivity index (χ0n) is 10.4. The molecule has 0 fully saturated rings. The summed E-state index contributed by atoms with van der Waals surface area (Å²) in [4.78, 5) is 0.149. The number of aliphatic hydroxyl groups is 1. The van der Waals surface area contributed by atoms with Crippen LogP contribution in [0.25, 0.3) is 0 Å². The maximum atomic E-state index is 12.2. The summed E-state index contributed by atoms with van der Waals surface area (Å²) in [7, 11) is -3.58. The lowest BCUT2D eigenvalue weighted by Crippen LogP contribution is -2.25. The molecule has 104 valence electrons. The largest absolute Gasteiger partial charge is 0.393 e. The van der Waals surface area contributed by atoms with Crippen LogP contribution in [0.15, 0.2) is 31.8 Å². The second-order valence-corrected chi connectivity index (χ2v) is 6.54. The normalized spacial score (nSPS) is 15.1. The monoisotopic (exact) mass is 301 g/mol. The SMILES string of the molecule is CC(O)CCCNS(=O)(=O)c1cccc2c1N=S=N2. The molecular weight excluding hydrogens is 286 g/mol. The van der Waals surface area contributed by atoms with Crippen molar-refractivity contribution in [2.45, 2.75) is 30.8 Å². The van der Waals surface area contributed by atoms with Crippen molar-refractivity contribution in [3.63, 3.8) is 0 Å². The molecule has 8 heteroatoms. The molecule has 1 heterocycles. The van der Waals surface area contributed by atoms with Crippen molar-refractivity contribution in [3.05, 3.63) is 18.2 Å². The third kappa shape index (κ3) is 3.47. The van der Waals surface area contributed by atoms with Gasteiger partial charge < -0.3 is 5.11 Å². The first-order valence-corrected chi connectivity index (χ1v) is 8.11. The molecule has 19 heavy (non-hydrogen) atoms. The van der Waals surface area contributed by atoms with Crippen LogP contribution in [0.5, 0.6) is 0 Å². The highest BCUT2D eigenvalue weighted by molar-refractivity contribution is 7.89. The molecule has 1 aliphatic rings. The predicted molar refractivity (Wildman–Crippen MR) is 74.1 cm³/mol. The van der Waals surface area contributed by atoms with Crippen LogP contribution >= 0.6 is 0 Å². The van der Waals surface area contributed by atoms with Gasteiger partial charge in [-0.3, -0.25) is 0 Å². The molecule has 0 bridgehead atoms.